The van der Waals surface area contributed by atoms with Crippen molar-refractivity contribution in [2.75, 3.05) is 30.3 Å². The highest BCUT2D eigenvalue weighted by Gasteiger charge is 2.16. The molecule has 0 saturated heterocycles. The monoisotopic (exact) mass is 192 g/mol. The van der Waals surface area contributed by atoms with Crippen LogP contribution in [0.4, 0.5) is 11.4 Å². The third-order valence-electron chi connectivity index (χ3n) is 2.44. The van der Waals surface area contributed by atoms with Crippen molar-refractivity contribution in [3.63, 3.8) is 0 Å². The van der Waals surface area contributed by atoms with Crippen LogP contribution < -0.4 is 15.4 Å². The summed E-state index contributed by atoms with van der Waals surface area (Å²) in [6, 6.07) is 5.82. The van der Waals surface area contributed by atoms with Crippen LogP contribution in [0.3, 0.4) is 0 Å². The van der Waals surface area contributed by atoms with E-state index in [1.54, 1.807) is 0 Å². The molecule has 0 amide bonds. The highest BCUT2D eigenvalue weighted by molar-refractivity contribution is 5.65. The zero-order valence-electron chi connectivity index (χ0n) is 8.49. The Morgan fingerprint density at radius 2 is 2.36 bits per heavy atom. The van der Waals surface area contributed by atoms with Crippen molar-refractivity contribution in [1.82, 2.24) is 0 Å². The molecule has 3 nitrogen and oxygen atoms in total. The second-order valence-electron chi connectivity index (χ2n) is 3.56. The topological polar surface area (TPSA) is 38.5 Å². The Bertz CT molecular complexity index is 325. The van der Waals surface area contributed by atoms with E-state index in [2.05, 4.69) is 11.8 Å². The van der Waals surface area contributed by atoms with E-state index in [0.717, 1.165) is 43.2 Å². The van der Waals surface area contributed by atoms with Crippen molar-refractivity contribution in [3.8, 4) is 5.75 Å². The predicted molar refractivity (Wildman–Crippen MR) is 58.9 cm³/mol. The molecule has 0 aliphatic carbocycles. The Kier molecular flexibility index (Phi) is 2.48. The zero-order valence-corrected chi connectivity index (χ0v) is 8.49. The lowest BCUT2D eigenvalue weighted by Gasteiger charge is -2.31. The SMILES string of the molecule is CCCN1CCOc2ccc(N)cc21. The van der Waals surface area contributed by atoms with Gasteiger partial charge in [-0.2, -0.15) is 0 Å². The lowest BCUT2D eigenvalue weighted by atomic mass is 10.2. The molecule has 0 bridgehead atoms. The van der Waals surface area contributed by atoms with Crippen LogP contribution in [-0.4, -0.2) is 19.7 Å². The molecule has 1 aliphatic heterocycles. The number of fused-ring (bicyclic) bond motifs is 1. The molecule has 0 spiro atoms. The summed E-state index contributed by atoms with van der Waals surface area (Å²) in [5, 5.41) is 0. The van der Waals surface area contributed by atoms with Gasteiger partial charge in [0.2, 0.25) is 0 Å². The van der Waals surface area contributed by atoms with E-state index in [1.807, 2.05) is 18.2 Å². The standard InChI is InChI=1S/C11H16N2O/c1-2-5-13-6-7-14-11-4-3-9(12)8-10(11)13/h3-4,8H,2,5-7,12H2,1H3. The second kappa shape index (κ2) is 3.78. The van der Waals surface area contributed by atoms with Crippen molar-refractivity contribution in [3.05, 3.63) is 18.2 Å². The summed E-state index contributed by atoms with van der Waals surface area (Å²) in [7, 11) is 0. The molecule has 0 atom stereocenters. The zero-order chi connectivity index (χ0) is 9.97. The molecule has 1 aromatic rings. The number of benzene rings is 1. The number of anilines is 2. The van der Waals surface area contributed by atoms with Crippen molar-refractivity contribution >= 4 is 11.4 Å². The lowest BCUT2D eigenvalue weighted by Crippen LogP contribution is -2.33. The van der Waals surface area contributed by atoms with Crippen LogP contribution >= 0.6 is 0 Å². The van der Waals surface area contributed by atoms with Crippen molar-refractivity contribution in [2.45, 2.75) is 13.3 Å². The first-order valence-corrected chi connectivity index (χ1v) is 5.08. The van der Waals surface area contributed by atoms with Gasteiger partial charge in [-0.25, -0.2) is 0 Å². The van der Waals surface area contributed by atoms with E-state index in [9.17, 15) is 0 Å². The largest absolute Gasteiger partial charge is 0.490 e. The molecule has 0 aromatic heterocycles. The van der Waals surface area contributed by atoms with Gasteiger partial charge in [-0.05, 0) is 24.6 Å². The molecule has 2 N–H and O–H groups in total. The Morgan fingerprint density at radius 1 is 1.50 bits per heavy atom. The number of nitrogen functional groups attached to an aromatic ring is 1. The van der Waals surface area contributed by atoms with Gasteiger partial charge < -0.3 is 15.4 Å². The molecule has 3 heteroatoms. The minimum atomic E-state index is 0.775. The summed E-state index contributed by atoms with van der Waals surface area (Å²) in [6.07, 6.45) is 1.15. The van der Waals surface area contributed by atoms with Gasteiger partial charge in [-0.3, -0.25) is 0 Å². The number of nitrogens with two attached hydrogens (primary N) is 1. The summed E-state index contributed by atoms with van der Waals surface area (Å²) in [6.45, 7) is 4.99. The van der Waals surface area contributed by atoms with Gasteiger partial charge in [0.1, 0.15) is 12.4 Å². The van der Waals surface area contributed by atoms with E-state index < -0.39 is 0 Å². The summed E-state index contributed by atoms with van der Waals surface area (Å²) < 4.78 is 5.56. The Hall–Kier alpha value is -1.38. The lowest BCUT2D eigenvalue weighted by molar-refractivity contribution is 0.307. The van der Waals surface area contributed by atoms with E-state index in [0.29, 0.717) is 0 Å². The fourth-order valence-electron chi connectivity index (χ4n) is 1.79. The normalized spacial score (nSPS) is 14.8. The molecule has 0 unspecified atom stereocenters. The Morgan fingerprint density at radius 3 is 3.14 bits per heavy atom. The van der Waals surface area contributed by atoms with Crippen LogP contribution in [0.5, 0.6) is 5.75 Å². The maximum Gasteiger partial charge on any atom is 0.142 e. The number of nitrogens with zero attached hydrogens (tertiary/aromatic N) is 1. The first-order chi connectivity index (χ1) is 6.81. The van der Waals surface area contributed by atoms with Gasteiger partial charge >= 0.3 is 0 Å². The first-order valence-electron chi connectivity index (χ1n) is 5.08. The summed E-state index contributed by atoms with van der Waals surface area (Å²) in [4.78, 5) is 2.33. The van der Waals surface area contributed by atoms with Crippen molar-refractivity contribution in [1.29, 1.82) is 0 Å². The van der Waals surface area contributed by atoms with Crippen molar-refractivity contribution < 1.29 is 4.74 Å². The van der Waals surface area contributed by atoms with Gasteiger partial charge in [-0.1, -0.05) is 6.92 Å². The van der Waals surface area contributed by atoms with Crippen LogP contribution in [0, 0.1) is 0 Å². The highest BCUT2D eigenvalue weighted by Crippen LogP contribution is 2.33. The maximum atomic E-state index is 5.76. The Labute approximate surface area is 84.5 Å². The molecular weight excluding hydrogens is 176 g/mol. The van der Waals surface area contributed by atoms with Crippen LogP contribution in [0.1, 0.15) is 13.3 Å². The van der Waals surface area contributed by atoms with E-state index in [4.69, 9.17) is 10.5 Å². The molecule has 0 saturated carbocycles. The minimum Gasteiger partial charge on any atom is -0.490 e. The third kappa shape index (κ3) is 1.62. The first kappa shape index (κ1) is 9.19. The maximum absolute atomic E-state index is 5.76. The average Bonchev–Trinajstić information content (AvgIpc) is 2.19. The van der Waals surface area contributed by atoms with E-state index >= 15 is 0 Å². The predicted octanol–water partition coefficient (Wildman–Crippen LogP) is 1.88. The van der Waals surface area contributed by atoms with Crippen LogP contribution in [0.15, 0.2) is 18.2 Å². The van der Waals surface area contributed by atoms with Gasteiger partial charge in [-0.15, -0.1) is 0 Å². The fourth-order valence-corrected chi connectivity index (χ4v) is 1.79. The number of rotatable bonds is 2. The summed E-state index contributed by atoms with van der Waals surface area (Å²) >= 11 is 0. The molecular formula is C11H16N2O. The molecule has 1 aromatic carbocycles. The summed E-state index contributed by atoms with van der Waals surface area (Å²) in [5.41, 5.74) is 7.70. The van der Waals surface area contributed by atoms with Crippen molar-refractivity contribution in [2.24, 2.45) is 0 Å². The van der Waals surface area contributed by atoms with Crippen LogP contribution in [0.2, 0.25) is 0 Å². The van der Waals surface area contributed by atoms with Gasteiger partial charge in [0, 0.05) is 12.2 Å². The second-order valence-corrected chi connectivity index (χ2v) is 3.56. The number of ether oxygens (including phenoxy) is 1. The molecule has 2 rings (SSSR count). The number of hydrogen-bond donors (Lipinski definition) is 1. The molecule has 14 heavy (non-hydrogen) atoms. The van der Waals surface area contributed by atoms with Crippen LogP contribution in [0.25, 0.3) is 0 Å². The fraction of sp³-hybridized carbons (Fsp3) is 0.455. The quantitative estimate of drug-likeness (QED) is 0.727. The van der Waals surface area contributed by atoms with Crippen LogP contribution in [-0.2, 0) is 0 Å². The molecule has 76 valence electrons. The number of hydrogen-bond acceptors (Lipinski definition) is 3. The van der Waals surface area contributed by atoms with E-state index in [-0.39, 0.29) is 0 Å². The van der Waals surface area contributed by atoms with E-state index in [1.165, 1.54) is 0 Å². The molecule has 1 aliphatic rings. The summed E-state index contributed by atoms with van der Waals surface area (Å²) in [5.74, 6) is 0.957. The molecule has 1 heterocycles. The van der Waals surface area contributed by atoms with Gasteiger partial charge in [0.15, 0.2) is 0 Å². The highest BCUT2D eigenvalue weighted by atomic mass is 16.5. The molecule has 0 radical (unpaired) electrons. The van der Waals surface area contributed by atoms with Gasteiger partial charge in [0.05, 0.1) is 12.2 Å². The molecule has 0 fully saturated rings. The van der Waals surface area contributed by atoms with Gasteiger partial charge in [0.25, 0.3) is 0 Å². The minimum absolute atomic E-state index is 0.775. The Balaban J connectivity index is 2.32. The third-order valence-corrected chi connectivity index (χ3v) is 2.44. The smallest absolute Gasteiger partial charge is 0.142 e. The average molecular weight is 192 g/mol.